The van der Waals surface area contributed by atoms with Gasteiger partial charge in [0.25, 0.3) is 5.91 Å². The molecule has 0 atom stereocenters. The third-order valence-electron chi connectivity index (χ3n) is 3.28. The second kappa shape index (κ2) is 5.51. The fraction of sp³-hybridized carbons (Fsp3) is 0.200. The van der Waals surface area contributed by atoms with Gasteiger partial charge in [-0.2, -0.15) is 0 Å². The first-order valence-electron chi connectivity index (χ1n) is 6.45. The highest BCUT2D eigenvalue weighted by molar-refractivity contribution is 6.30. The van der Waals surface area contributed by atoms with Crippen molar-refractivity contribution < 1.29 is 4.79 Å². The van der Waals surface area contributed by atoms with Gasteiger partial charge in [0.15, 0.2) is 0 Å². The Morgan fingerprint density at radius 3 is 2.80 bits per heavy atom. The monoisotopic (exact) mass is 287 g/mol. The van der Waals surface area contributed by atoms with E-state index in [2.05, 4.69) is 15.2 Å². The van der Waals surface area contributed by atoms with Crippen LogP contribution in [0.2, 0.25) is 5.02 Å². The quantitative estimate of drug-likeness (QED) is 0.942. The second-order valence-corrected chi connectivity index (χ2v) is 5.21. The molecule has 1 aromatic carbocycles. The van der Waals surface area contributed by atoms with Crippen LogP contribution in [-0.4, -0.2) is 30.0 Å². The van der Waals surface area contributed by atoms with E-state index in [-0.39, 0.29) is 11.9 Å². The average molecular weight is 288 g/mol. The number of anilines is 1. The summed E-state index contributed by atoms with van der Waals surface area (Å²) >= 11 is 5.88. The lowest BCUT2D eigenvalue weighted by Gasteiger charge is -2.40. The van der Waals surface area contributed by atoms with Crippen LogP contribution >= 0.6 is 11.6 Å². The van der Waals surface area contributed by atoms with E-state index in [1.165, 1.54) is 0 Å². The molecule has 0 bridgehead atoms. The summed E-state index contributed by atoms with van der Waals surface area (Å²) in [5.74, 6) is 0.860. The number of hydrogen-bond acceptors (Lipinski definition) is 3. The van der Waals surface area contributed by atoms with E-state index in [1.807, 2.05) is 18.2 Å². The van der Waals surface area contributed by atoms with Crippen molar-refractivity contribution in [2.24, 2.45) is 0 Å². The van der Waals surface area contributed by atoms with Gasteiger partial charge in [-0.05, 0) is 30.3 Å². The van der Waals surface area contributed by atoms with Crippen molar-refractivity contribution in [3.8, 4) is 0 Å². The van der Waals surface area contributed by atoms with Crippen LogP contribution in [0.25, 0.3) is 0 Å². The molecule has 4 nitrogen and oxygen atoms in total. The molecule has 102 valence electrons. The maximum Gasteiger partial charge on any atom is 0.251 e. The Morgan fingerprint density at radius 1 is 1.25 bits per heavy atom. The summed E-state index contributed by atoms with van der Waals surface area (Å²) in [7, 11) is 0. The zero-order valence-corrected chi connectivity index (χ0v) is 11.5. The maximum absolute atomic E-state index is 12.0. The molecule has 1 N–H and O–H groups in total. The molecule has 1 saturated heterocycles. The molecule has 1 aromatic heterocycles. The number of rotatable bonds is 3. The number of amides is 1. The number of aromatic nitrogens is 1. The van der Waals surface area contributed by atoms with Crippen LogP contribution in [0.5, 0.6) is 0 Å². The van der Waals surface area contributed by atoms with Crippen molar-refractivity contribution in [2.75, 3.05) is 18.0 Å². The minimum atomic E-state index is -0.0850. The van der Waals surface area contributed by atoms with Gasteiger partial charge in [0.2, 0.25) is 0 Å². The van der Waals surface area contributed by atoms with Crippen LogP contribution in [0.4, 0.5) is 5.82 Å². The Kier molecular flexibility index (Phi) is 3.56. The third-order valence-corrected chi connectivity index (χ3v) is 3.51. The molecule has 0 unspecified atom stereocenters. The summed E-state index contributed by atoms with van der Waals surface area (Å²) in [4.78, 5) is 18.4. The Hall–Kier alpha value is -2.07. The van der Waals surface area contributed by atoms with E-state index < -0.39 is 0 Å². The normalized spacial score (nSPS) is 14.8. The van der Waals surface area contributed by atoms with Crippen molar-refractivity contribution in [1.29, 1.82) is 0 Å². The molecule has 2 heterocycles. The van der Waals surface area contributed by atoms with E-state index in [1.54, 1.807) is 30.5 Å². The van der Waals surface area contributed by atoms with Crippen LogP contribution < -0.4 is 10.2 Å². The van der Waals surface area contributed by atoms with Crippen molar-refractivity contribution in [2.45, 2.75) is 6.04 Å². The number of hydrogen-bond donors (Lipinski definition) is 1. The second-order valence-electron chi connectivity index (χ2n) is 4.77. The Balaban J connectivity index is 1.55. The van der Waals surface area contributed by atoms with Crippen LogP contribution in [0.15, 0.2) is 48.7 Å². The highest BCUT2D eigenvalue weighted by Crippen LogP contribution is 2.18. The van der Waals surface area contributed by atoms with Gasteiger partial charge in [-0.15, -0.1) is 0 Å². The molecule has 5 heteroatoms. The fourth-order valence-electron chi connectivity index (χ4n) is 2.20. The molecular weight excluding hydrogens is 274 g/mol. The van der Waals surface area contributed by atoms with Gasteiger partial charge in [-0.1, -0.05) is 23.7 Å². The van der Waals surface area contributed by atoms with Crippen LogP contribution in [-0.2, 0) is 0 Å². The summed E-state index contributed by atoms with van der Waals surface area (Å²) in [5, 5.41) is 3.56. The van der Waals surface area contributed by atoms with Gasteiger partial charge in [0.1, 0.15) is 5.82 Å². The minimum Gasteiger partial charge on any atom is -0.352 e. The zero-order chi connectivity index (χ0) is 13.9. The van der Waals surface area contributed by atoms with Crippen molar-refractivity contribution in [3.63, 3.8) is 0 Å². The topological polar surface area (TPSA) is 45.2 Å². The molecule has 1 aliphatic heterocycles. The number of halogens is 1. The molecule has 3 rings (SSSR count). The third kappa shape index (κ3) is 2.75. The highest BCUT2D eigenvalue weighted by atomic mass is 35.5. The lowest BCUT2D eigenvalue weighted by atomic mass is 10.1. The molecular formula is C15H14ClN3O. The summed E-state index contributed by atoms with van der Waals surface area (Å²) in [6.45, 7) is 1.56. The van der Waals surface area contributed by atoms with E-state index in [9.17, 15) is 4.79 Å². The number of pyridine rings is 1. The Labute approximate surface area is 122 Å². The molecule has 0 aliphatic carbocycles. The van der Waals surface area contributed by atoms with Gasteiger partial charge in [0, 0.05) is 29.9 Å². The molecule has 1 amide bonds. The molecule has 1 fully saturated rings. The summed E-state index contributed by atoms with van der Waals surface area (Å²) < 4.78 is 0. The van der Waals surface area contributed by atoms with Crippen LogP contribution in [0.1, 0.15) is 10.4 Å². The van der Waals surface area contributed by atoms with E-state index in [4.69, 9.17) is 11.6 Å². The molecule has 2 aromatic rings. The predicted molar refractivity (Wildman–Crippen MR) is 79.2 cm³/mol. The Morgan fingerprint density at radius 2 is 2.10 bits per heavy atom. The number of nitrogens with one attached hydrogen (secondary N) is 1. The first-order chi connectivity index (χ1) is 9.72. The smallest absolute Gasteiger partial charge is 0.251 e. The van der Waals surface area contributed by atoms with Gasteiger partial charge in [-0.3, -0.25) is 4.79 Å². The first-order valence-corrected chi connectivity index (χ1v) is 6.82. The lowest BCUT2D eigenvalue weighted by molar-refractivity contribution is 0.0930. The van der Waals surface area contributed by atoms with Crippen LogP contribution in [0.3, 0.4) is 0 Å². The SMILES string of the molecule is O=C(NC1CN(c2ccccn2)C1)c1cccc(Cl)c1. The first kappa shape index (κ1) is 12.9. The molecule has 0 radical (unpaired) electrons. The molecule has 0 saturated carbocycles. The number of benzene rings is 1. The molecule has 20 heavy (non-hydrogen) atoms. The summed E-state index contributed by atoms with van der Waals surface area (Å²) in [6, 6.07) is 12.9. The van der Waals surface area contributed by atoms with Crippen molar-refractivity contribution >= 4 is 23.3 Å². The fourth-order valence-corrected chi connectivity index (χ4v) is 2.39. The standard InChI is InChI=1S/C15H14ClN3O/c16-12-5-3-4-11(8-12)15(20)18-13-9-19(10-13)14-6-1-2-7-17-14/h1-8,13H,9-10H2,(H,18,20). The lowest BCUT2D eigenvalue weighted by Crippen LogP contribution is -2.59. The maximum atomic E-state index is 12.0. The van der Waals surface area contributed by atoms with E-state index in [0.717, 1.165) is 18.9 Å². The summed E-state index contributed by atoms with van der Waals surface area (Å²) in [6.07, 6.45) is 1.77. The largest absolute Gasteiger partial charge is 0.352 e. The van der Waals surface area contributed by atoms with Gasteiger partial charge >= 0.3 is 0 Å². The zero-order valence-electron chi connectivity index (χ0n) is 10.8. The molecule has 0 spiro atoms. The number of carbonyl (C=O) groups excluding carboxylic acids is 1. The van der Waals surface area contributed by atoms with Crippen molar-refractivity contribution in [3.05, 3.63) is 59.2 Å². The minimum absolute atomic E-state index is 0.0850. The average Bonchev–Trinajstić information content (AvgIpc) is 2.43. The van der Waals surface area contributed by atoms with Crippen LogP contribution in [0, 0.1) is 0 Å². The number of carbonyl (C=O) groups is 1. The highest BCUT2D eigenvalue weighted by Gasteiger charge is 2.28. The predicted octanol–water partition coefficient (Wildman–Crippen LogP) is 2.35. The molecule has 1 aliphatic rings. The van der Waals surface area contributed by atoms with E-state index >= 15 is 0 Å². The Bertz CT molecular complexity index is 612. The summed E-state index contributed by atoms with van der Waals surface area (Å²) in [5.41, 5.74) is 0.591. The number of nitrogens with zero attached hydrogens (tertiary/aromatic N) is 2. The van der Waals surface area contributed by atoms with Crippen molar-refractivity contribution in [1.82, 2.24) is 10.3 Å². The van der Waals surface area contributed by atoms with Gasteiger partial charge < -0.3 is 10.2 Å². The van der Waals surface area contributed by atoms with Gasteiger partial charge in [-0.25, -0.2) is 4.98 Å². The van der Waals surface area contributed by atoms with Gasteiger partial charge in [0.05, 0.1) is 6.04 Å². The van der Waals surface area contributed by atoms with E-state index in [0.29, 0.717) is 10.6 Å².